The third-order valence-electron chi connectivity index (χ3n) is 5.41. The first kappa shape index (κ1) is 16.2. The highest BCUT2D eigenvalue weighted by atomic mass is 16.2. The van der Waals surface area contributed by atoms with Crippen molar-refractivity contribution in [2.75, 3.05) is 0 Å². The summed E-state index contributed by atoms with van der Waals surface area (Å²) in [5.41, 5.74) is 6.79. The predicted octanol–water partition coefficient (Wildman–Crippen LogP) is 3.86. The highest BCUT2D eigenvalue weighted by Crippen LogP contribution is 2.48. The molecule has 0 aromatic heterocycles. The molecule has 1 heterocycles. The molecule has 0 N–H and O–H groups in total. The Morgan fingerprint density at radius 1 is 1.19 bits per heavy atom. The number of hydrogen-bond donors (Lipinski definition) is 0. The zero-order chi connectivity index (χ0) is 18.3. The lowest BCUT2D eigenvalue weighted by Crippen LogP contribution is -2.44. The average Bonchev–Trinajstić information content (AvgIpc) is 3.04. The van der Waals surface area contributed by atoms with E-state index in [1.807, 2.05) is 17.0 Å². The average molecular weight is 338 g/mol. The Bertz CT molecular complexity index is 1000. The number of amides is 1. The van der Waals surface area contributed by atoms with Gasteiger partial charge in [-0.15, -0.1) is 6.42 Å². The minimum atomic E-state index is -0.283. The minimum absolute atomic E-state index is 0.0177. The van der Waals surface area contributed by atoms with E-state index in [0.717, 1.165) is 18.4 Å². The van der Waals surface area contributed by atoms with E-state index in [4.69, 9.17) is 11.7 Å². The first-order valence-electron chi connectivity index (χ1n) is 8.73. The Morgan fingerprint density at radius 2 is 1.92 bits per heavy atom. The van der Waals surface area contributed by atoms with Crippen LogP contribution in [0.3, 0.4) is 0 Å². The molecule has 1 aliphatic heterocycles. The van der Waals surface area contributed by atoms with Crippen LogP contribution in [0.25, 0.3) is 5.57 Å². The van der Waals surface area contributed by atoms with E-state index in [1.54, 1.807) is 12.1 Å². The molecule has 126 valence electrons. The normalized spacial score (nSPS) is 20.8. The fourth-order valence-electron chi connectivity index (χ4n) is 4.27. The number of rotatable bonds is 1. The van der Waals surface area contributed by atoms with Crippen molar-refractivity contribution < 1.29 is 4.79 Å². The molecular formula is C23H18N2O. The van der Waals surface area contributed by atoms with Crippen molar-refractivity contribution in [2.45, 2.75) is 31.8 Å². The minimum Gasteiger partial charge on any atom is -0.318 e. The Balaban J connectivity index is 1.87. The predicted molar refractivity (Wildman–Crippen MR) is 101 cm³/mol. The molecule has 2 aromatic rings. The number of benzene rings is 2. The quantitative estimate of drug-likeness (QED) is 0.741. The summed E-state index contributed by atoms with van der Waals surface area (Å²) in [5.74, 6) is 2.02. The molecule has 3 nitrogen and oxygen atoms in total. The van der Waals surface area contributed by atoms with Crippen LogP contribution in [0.5, 0.6) is 0 Å². The number of nitrogens with zero attached hydrogens (tertiary/aromatic N) is 2. The Morgan fingerprint density at radius 3 is 2.62 bits per heavy atom. The second-order valence-electron chi connectivity index (χ2n) is 6.88. The number of carbonyl (C=O) groups excluding carboxylic acids is 1. The molecule has 0 spiro atoms. The summed E-state index contributed by atoms with van der Waals surface area (Å²) >= 11 is 0. The number of carbonyl (C=O) groups is 1. The fourth-order valence-corrected chi connectivity index (χ4v) is 4.27. The van der Waals surface area contributed by atoms with Crippen LogP contribution in [-0.4, -0.2) is 16.8 Å². The van der Waals surface area contributed by atoms with E-state index in [9.17, 15) is 4.79 Å². The Labute approximate surface area is 153 Å². The van der Waals surface area contributed by atoms with E-state index in [1.165, 1.54) is 22.3 Å². The standard InChI is InChI=1S/C23H18N2O/c1-3-22(26)25-15(2)12-20-19-7-5-4-6-18(19)13-21(20)23(25)17-10-8-16(14-24)9-11-17/h1,4-11,15,23H,12-13H2,2H3/t15-,23-/m0/s1. The molecule has 3 heteroatoms. The van der Waals surface area contributed by atoms with Crippen LogP contribution < -0.4 is 0 Å². The maximum atomic E-state index is 12.6. The van der Waals surface area contributed by atoms with Gasteiger partial charge in [-0.3, -0.25) is 4.79 Å². The van der Waals surface area contributed by atoms with Gasteiger partial charge in [0.05, 0.1) is 17.7 Å². The molecule has 4 rings (SSSR count). The molecule has 0 unspecified atom stereocenters. The van der Waals surface area contributed by atoms with Crippen molar-refractivity contribution in [1.29, 1.82) is 5.26 Å². The molecule has 1 amide bonds. The smallest absolute Gasteiger partial charge is 0.299 e. The third-order valence-corrected chi connectivity index (χ3v) is 5.41. The van der Waals surface area contributed by atoms with Crippen LogP contribution in [0.15, 0.2) is 54.1 Å². The summed E-state index contributed by atoms with van der Waals surface area (Å²) in [4.78, 5) is 14.4. The van der Waals surface area contributed by atoms with Crippen LogP contribution in [0.1, 0.15) is 41.6 Å². The van der Waals surface area contributed by atoms with Crippen molar-refractivity contribution in [3.63, 3.8) is 0 Å². The maximum absolute atomic E-state index is 12.6. The van der Waals surface area contributed by atoms with Gasteiger partial charge in [0, 0.05) is 6.04 Å². The van der Waals surface area contributed by atoms with Crippen LogP contribution >= 0.6 is 0 Å². The van der Waals surface area contributed by atoms with Gasteiger partial charge >= 0.3 is 0 Å². The first-order chi connectivity index (χ1) is 12.6. The van der Waals surface area contributed by atoms with E-state index >= 15 is 0 Å². The zero-order valence-electron chi connectivity index (χ0n) is 14.6. The number of hydrogen-bond acceptors (Lipinski definition) is 2. The molecule has 2 aliphatic rings. The molecule has 0 fully saturated rings. The SMILES string of the molecule is C#CC(=O)N1[C@@H](c2ccc(C#N)cc2)C2=C(C[C@@H]1C)c1ccccc1C2. The van der Waals surface area contributed by atoms with Gasteiger partial charge in [-0.1, -0.05) is 36.4 Å². The van der Waals surface area contributed by atoms with E-state index in [0.29, 0.717) is 5.56 Å². The summed E-state index contributed by atoms with van der Waals surface area (Å²) in [6, 6.07) is 17.9. The van der Waals surface area contributed by atoms with Crippen molar-refractivity contribution in [2.24, 2.45) is 0 Å². The zero-order valence-corrected chi connectivity index (χ0v) is 14.6. The highest BCUT2D eigenvalue weighted by Gasteiger charge is 2.40. The maximum Gasteiger partial charge on any atom is 0.299 e. The third kappa shape index (κ3) is 2.41. The lowest BCUT2D eigenvalue weighted by molar-refractivity contribution is -0.129. The molecule has 26 heavy (non-hydrogen) atoms. The molecule has 2 aromatic carbocycles. The van der Waals surface area contributed by atoms with Crippen molar-refractivity contribution >= 4 is 11.5 Å². The molecule has 0 radical (unpaired) electrons. The van der Waals surface area contributed by atoms with Crippen LogP contribution in [0.2, 0.25) is 0 Å². The van der Waals surface area contributed by atoms with Crippen molar-refractivity contribution in [1.82, 2.24) is 4.90 Å². The highest BCUT2D eigenvalue weighted by molar-refractivity contribution is 5.95. The van der Waals surface area contributed by atoms with Gasteiger partial charge in [0.15, 0.2) is 0 Å². The molecule has 1 aliphatic carbocycles. The van der Waals surface area contributed by atoms with Gasteiger partial charge in [0.1, 0.15) is 0 Å². The van der Waals surface area contributed by atoms with Gasteiger partial charge in [-0.25, -0.2) is 0 Å². The molecule has 0 bridgehead atoms. The molecular weight excluding hydrogens is 320 g/mol. The largest absolute Gasteiger partial charge is 0.318 e. The summed E-state index contributed by atoms with van der Waals surface area (Å²) in [6.45, 7) is 2.05. The summed E-state index contributed by atoms with van der Waals surface area (Å²) < 4.78 is 0. The first-order valence-corrected chi connectivity index (χ1v) is 8.73. The second kappa shape index (κ2) is 6.21. The van der Waals surface area contributed by atoms with Crippen molar-refractivity contribution in [3.8, 4) is 18.4 Å². The van der Waals surface area contributed by atoms with Crippen molar-refractivity contribution in [3.05, 3.63) is 76.4 Å². The summed E-state index contributed by atoms with van der Waals surface area (Å²) in [7, 11) is 0. The van der Waals surface area contributed by atoms with E-state index in [-0.39, 0.29) is 18.0 Å². The van der Waals surface area contributed by atoms with E-state index < -0.39 is 0 Å². The number of nitriles is 1. The summed E-state index contributed by atoms with van der Waals surface area (Å²) in [6.07, 6.45) is 7.11. The van der Waals surface area contributed by atoms with Gasteiger partial charge in [0.25, 0.3) is 5.91 Å². The summed E-state index contributed by atoms with van der Waals surface area (Å²) in [5, 5.41) is 9.08. The lowest BCUT2D eigenvalue weighted by atomic mass is 9.85. The Hall–Kier alpha value is -3.30. The second-order valence-corrected chi connectivity index (χ2v) is 6.88. The molecule has 0 saturated heterocycles. The number of fused-ring (bicyclic) bond motifs is 2. The Kier molecular flexibility index (Phi) is 3.86. The van der Waals surface area contributed by atoms with E-state index in [2.05, 4.69) is 43.2 Å². The fraction of sp³-hybridized carbons (Fsp3) is 0.217. The van der Waals surface area contributed by atoms with Crippen LogP contribution in [0.4, 0.5) is 0 Å². The van der Waals surface area contributed by atoms with Gasteiger partial charge in [0.2, 0.25) is 0 Å². The van der Waals surface area contributed by atoms with Crippen LogP contribution in [0, 0.1) is 23.7 Å². The van der Waals surface area contributed by atoms with Gasteiger partial charge in [-0.2, -0.15) is 5.26 Å². The molecule has 0 saturated carbocycles. The number of terminal acetylenes is 1. The molecule has 2 atom stereocenters. The van der Waals surface area contributed by atoms with Gasteiger partial charge < -0.3 is 4.90 Å². The lowest BCUT2D eigenvalue weighted by Gasteiger charge is -2.41. The monoisotopic (exact) mass is 338 g/mol. The topological polar surface area (TPSA) is 44.1 Å². The van der Waals surface area contributed by atoms with Gasteiger partial charge in [-0.05, 0) is 65.7 Å². The van der Waals surface area contributed by atoms with Crippen LogP contribution in [-0.2, 0) is 11.2 Å².